The van der Waals surface area contributed by atoms with Crippen LogP contribution < -0.4 is 15.4 Å². The van der Waals surface area contributed by atoms with Gasteiger partial charge >= 0.3 is 6.03 Å². The number of fused-ring (bicyclic) bond motifs is 1. The Bertz CT molecular complexity index is 949. The molecule has 3 rings (SSSR count). The van der Waals surface area contributed by atoms with E-state index in [4.69, 9.17) is 4.74 Å². The summed E-state index contributed by atoms with van der Waals surface area (Å²) in [5.74, 6) is 0.394. The number of aromatic nitrogens is 1. The first-order valence-corrected chi connectivity index (χ1v) is 8.65. The Morgan fingerprint density at radius 1 is 1.07 bits per heavy atom. The monoisotopic (exact) mass is 363 g/mol. The van der Waals surface area contributed by atoms with E-state index in [1.54, 1.807) is 19.4 Å². The Balaban J connectivity index is 1.59. The molecule has 2 aromatic carbocycles. The topological polar surface area (TPSA) is 80.3 Å². The third-order valence-electron chi connectivity index (χ3n) is 4.31. The summed E-state index contributed by atoms with van der Waals surface area (Å²) >= 11 is 0. The van der Waals surface area contributed by atoms with Crippen LogP contribution in [0.4, 0.5) is 10.5 Å². The molecule has 6 heteroatoms. The minimum Gasteiger partial charge on any atom is -0.497 e. The fourth-order valence-electron chi connectivity index (χ4n) is 2.86. The fourth-order valence-corrected chi connectivity index (χ4v) is 2.86. The van der Waals surface area contributed by atoms with Crippen molar-refractivity contribution in [1.29, 1.82) is 0 Å². The van der Waals surface area contributed by atoms with Crippen molar-refractivity contribution < 1.29 is 14.3 Å². The third kappa shape index (κ3) is 4.61. The minimum atomic E-state index is -0.569. The van der Waals surface area contributed by atoms with Gasteiger partial charge in [0.05, 0.1) is 18.3 Å². The lowest BCUT2D eigenvalue weighted by Crippen LogP contribution is -2.35. The molecule has 0 saturated heterocycles. The number of hydrogen-bond acceptors (Lipinski definition) is 4. The molecule has 0 bridgehead atoms. The second-order valence-corrected chi connectivity index (χ2v) is 6.26. The lowest BCUT2D eigenvalue weighted by atomic mass is 9.97. The van der Waals surface area contributed by atoms with E-state index in [1.807, 2.05) is 55.5 Å². The summed E-state index contributed by atoms with van der Waals surface area (Å²) in [6.07, 6.45) is 1.86. The number of benzene rings is 2. The summed E-state index contributed by atoms with van der Waals surface area (Å²) in [4.78, 5) is 28.7. The first-order valence-electron chi connectivity index (χ1n) is 8.65. The van der Waals surface area contributed by atoms with Gasteiger partial charge in [0.15, 0.2) is 0 Å². The maximum absolute atomic E-state index is 12.2. The Hall–Kier alpha value is -3.41. The van der Waals surface area contributed by atoms with Crippen molar-refractivity contribution in [2.75, 3.05) is 12.4 Å². The molecule has 1 unspecified atom stereocenters. The zero-order valence-corrected chi connectivity index (χ0v) is 15.2. The number of pyridine rings is 1. The Labute approximate surface area is 157 Å². The molecule has 1 atom stereocenters. The second-order valence-electron chi connectivity index (χ2n) is 6.26. The van der Waals surface area contributed by atoms with Gasteiger partial charge in [-0.25, -0.2) is 4.79 Å². The molecule has 1 heterocycles. The highest BCUT2D eigenvalue weighted by Gasteiger charge is 2.15. The van der Waals surface area contributed by atoms with Crippen LogP contribution in [-0.4, -0.2) is 24.0 Å². The predicted octanol–water partition coefficient (Wildman–Crippen LogP) is 4.09. The smallest absolute Gasteiger partial charge is 0.325 e. The molecule has 0 aliphatic carbocycles. The molecule has 1 aromatic heterocycles. The number of urea groups is 1. The SMILES string of the molecule is COc1ccc(C(C)CC(=O)NC(=O)Nc2cccc3cccnc23)cc1. The molecule has 6 nitrogen and oxygen atoms in total. The number of nitrogens with one attached hydrogen (secondary N) is 2. The maximum Gasteiger partial charge on any atom is 0.325 e. The van der Waals surface area contributed by atoms with E-state index < -0.39 is 6.03 Å². The number of para-hydroxylation sites is 1. The van der Waals surface area contributed by atoms with Crippen LogP contribution in [0, 0.1) is 0 Å². The van der Waals surface area contributed by atoms with Gasteiger partial charge in [0.1, 0.15) is 5.75 Å². The highest BCUT2D eigenvalue weighted by molar-refractivity contribution is 6.05. The Morgan fingerprint density at radius 3 is 2.56 bits per heavy atom. The van der Waals surface area contributed by atoms with Crippen molar-refractivity contribution in [3.05, 3.63) is 66.4 Å². The summed E-state index contributed by atoms with van der Waals surface area (Å²) < 4.78 is 5.13. The van der Waals surface area contributed by atoms with Gasteiger partial charge in [-0.05, 0) is 35.7 Å². The van der Waals surface area contributed by atoms with Crippen LogP contribution in [0.3, 0.4) is 0 Å². The Kier molecular flexibility index (Phi) is 5.66. The zero-order valence-electron chi connectivity index (χ0n) is 15.2. The fraction of sp³-hybridized carbons (Fsp3) is 0.190. The molecule has 0 radical (unpaired) electrons. The molecule has 0 aliphatic rings. The summed E-state index contributed by atoms with van der Waals surface area (Å²) in [6.45, 7) is 1.94. The van der Waals surface area contributed by atoms with Crippen molar-refractivity contribution in [3.63, 3.8) is 0 Å². The summed E-state index contributed by atoms with van der Waals surface area (Å²) in [5, 5.41) is 5.98. The van der Waals surface area contributed by atoms with E-state index in [9.17, 15) is 9.59 Å². The van der Waals surface area contributed by atoms with E-state index in [1.165, 1.54) is 0 Å². The van der Waals surface area contributed by atoms with Crippen molar-refractivity contribution >= 4 is 28.5 Å². The highest BCUT2D eigenvalue weighted by Crippen LogP contribution is 2.22. The van der Waals surface area contributed by atoms with Crippen LogP contribution >= 0.6 is 0 Å². The van der Waals surface area contributed by atoms with Gasteiger partial charge in [-0.1, -0.05) is 37.3 Å². The van der Waals surface area contributed by atoms with E-state index in [0.29, 0.717) is 11.2 Å². The number of anilines is 1. The van der Waals surface area contributed by atoms with Crippen LogP contribution in [0.5, 0.6) is 5.75 Å². The van der Waals surface area contributed by atoms with Crippen molar-refractivity contribution in [1.82, 2.24) is 10.3 Å². The number of nitrogens with zero attached hydrogens (tertiary/aromatic N) is 1. The molecule has 138 valence electrons. The van der Waals surface area contributed by atoms with Crippen LogP contribution in [0.2, 0.25) is 0 Å². The molecular formula is C21H21N3O3. The van der Waals surface area contributed by atoms with E-state index >= 15 is 0 Å². The van der Waals surface area contributed by atoms with Crippen molar-refractivity contribution in [2.24, 2.45) is 0 Å². The lowest BCUT2D eigenvalue weighted by Gasteiger charge is -2.13. The van der Waals surface area contributed by atoms with Gasteiger partial charge in [0.2, 0.25) is 5.91 Å². The standard InChI is InChI=1S/C21H21N3O3/c1-14(15-8-10-17(27-2)11-9-15)13-19(25)24-21(26)23-18-7-3-5-16-6-4-12-22-20(16)18/h3-12,14H,13H2,1-2H3,(H2,23,24,25,26). The number of hydrogen-bond donors (Lipinski definition) is 2. The molecule has 0 aliphatic heterocycles. The number of ether oxygens (including phenoxy) is 1. The second kappa shape index (κ2) is 8.31. The van der Waals surface area contributed by atoms with E-state index in [-0.39, 0.29) is 18.2 Å². The van der Waals surface area contributed by atoms with Crippen LogP contribution in [-0.2, 0) is 4.79 Å². The predicted molar refractivity (Wildman–Crippen MR) is 105 cm³/mol. The normalized spacial score (nSPS) is 11.6. The number of carbonyl (C=O) groups excluding carboxylic acids is 2. The number of methoxy groups -OCH3 is 1. The number of rotatable bonds is 5. The number of imide groups is 1. The van der Waals surface area contributed by atoms with Crippen molar-refractivity contribution in [3.8, 4) is 5.75 Å². The van der Waals surface area contributed by atoms with Crippen molar-refractivity contribution in [2.45, 2.75) is 19.3 Å². The summed E-state index contributed by atoms with van der Waals surface area (Å²) in [7, 11) is 1.61. The van der Waals surface area contributed by atoms with Gasteiger partial charge < -0.3 is 10.1 Å². The average Bonchev–Trinajstić information content (AvgIpc) is 2.68. The van der Waals surface area contributed by atoms with Crippen LogP contribution in [0.1, 0.15) is 24.8 Å². The van der Waals surface area contributed by atoms with Gasteiger partial charge in [-0.15, -0.1) is 0 Å². The average molecular weight is 363 g/mol. The molecule has 2 N–H and O–H groups in total. The lowest BCUT2D eigenvalue weighted by molar-refractivity contribution is -0.120. The largest absolute Gasteiger partial charge is 0.497 e. The van der Waals surface area contributed by atoms with Gasteiger partial charge in [-0.2, -0.15) is 0 Å². The molecule has 27 heavy (non-hydrogen) atoms. The van der Waals surface area contributed by atoms with Gasteiger partial charge in [-0.3, -0.25) is 15.1 Å². The van der Waals surface area contributed by atoms with Gasteiger partial charge in [0, 0.05) is 18.0 Å². The zero-order chi connectivity index (χ0) is 19.2. The first-order chi connectivity index (χ1) is 13.1. The molecule has 0 saturated carbocycles. The third-order valence-corrected chi connectivity index (χ3v) is 4.31. The molecule has 3 aromatic rings. The Morgan fingerprint density at radius 2 is 1.81 bits per heavy atom. The quantitative estimate of drug-likeness (QED) is 0.716. The van der Waals surface area contributed by atoms with Crippen LogP contribution in [0.25, 0.3) is 10.9 Å². The molecule has 3 amide bonds. The maximum atomic E-state index is 12.2. The number of carbonyl (C=O) groups is 2. The minimum absolute atomic E-state index is 0.0251. The summed E-state index contributed by atoms with van der Waals surface area (Å²) in [5.41, 5.74) is 2.24. The molecule has 0 fully saturated rings. The first kappa shape index (κ1) is 18.4. The van der Waals surface area contributed by atoms with Crippen LogP contribution in [0.15, 0.2) is 60.8 Å². The van der Waals surface area contributed by atoms with Gasteiger partial charge in [0.25, 0.3) is 0 Å². The van der Waals surface area contributed by atoms with E-state index in [0.717, 1.165) is 16.7 Å². The highest BCUT2D eigenvalue weighted by atomic mass is 16.5. The molecule has 0 spiro atoms. The van der Waals surface area contributed by atoms with E-state index in [2.05, 4.69) is 15.6 Å². The summed E-state index contributed by atoms with van der Waals surface area (Å²) in [6, 6.07) is 16.2. The number of amides is 3. The molecular weight excluding hydrogens is 342 g/mol.